The Balaban J connectivity index is 2.32. The zero-order valence-electron chi connectivity index (χ0n) is 12.8. The molecular formula is C15H28N4. The Hall–Kier alpha value is -0.870. The highest BCUT2D eigenvalue weighted by Gasteiger charge is 2.36. The molecule has 1 saturated heterocycles. The van der Waals surface area contributed by atoms with E-state index in [2.05, 4.69) is 37.0 Å². The lowest BCUT2D eigenvalue weighted by Gasteiger charge is -2.35. The molecule has 1 aliphatic rings. The number of aromatic nitrogens is 2. The third-order valence-corrected chi connectivity index (χ3v) is 4.53. The monoisotopic (exact) mass is 264 g/mol. The van der Waals surface area contributed by atoms with Crippen molar-refractivity contribution < 1.29 is 0 Å². The van der Waals surface area contributed by atoms with Gasteiger partial charge >= 0.3 is 0 Å². The second-order valence-corrected chi connectivity index (χ2v) is 5.75. The first-order valence-electron chi connectivity index (χ1n) is 7.62. The highest BCUT2D eigenvalue weighted by atomic mass is 15.3. The number of nitrogens with zero attached hydrogens (tertiary/aromatic N) is 3. The Morgan fingerprint density at radius 1 is 1.42 bits per heavy atom. The summed E-state index contributed by atoms with van der Waals surface area (Å²) >= 11 is 0. The third-order valence-electron chi connectivity index (χ3n) is 4.53. The van der Waals surface area contributed by atoms with Crippen molar-refractivity contribution in [3.05, 3.63) is 17.5 Å². The normalized spacial score (nSPS) is 25.9. The Morgan fingerprint density at radius 2 is 2.16 bits per heavy atom. The van der Waals surface area contributed by atoms with Gasteiger partial charge in [0.15, 0.2) is 0 Å². The molecule has 108 valence electrons. The molecule has 1 fully saturated rings. The summed E-state index contributed by atoms with van der Waals surface area (Å²) in [5.74, 6) is 0. The Labute approximate surface area is 117 Å². The first-order valence-corrected chi connectivity index (χ1v) is 7.62. The SMILES string of the molecule is CCc1nn(C)cc1C(CN)N1C(C)CCC1CC. The van der Waals surface area contributed by atoms with Crippen LogP contribution in [-0.2, 0) is 13.5 Å². The fourth-order valence-electron chi connectivity index (χ4n) is 3.58. The fourth-order valence-corrected chi connectivity index (χ4v) is 3.58. The summed E-state index contributed by atoms with van der Waals surface area (Å²) in [6.45, 7) is 7.47. The van der Waals surface area contributed by atoms with Crippen LogP contribution in [0.2, 0.25) is 0 Å². The average Bonchev–Trinajstić information content (AvgIpc) is 2.95. The van der Waals surface area contributed by atoms with Gasteiger partial charge in [0.25, 0.3) is 0 Å². The quantitative estimate of drug-likeness (QED) is 0.887. The van der Waals surface area contributed by atoms with E-state index >= 15 is 0 Å². The van der Waals surface area contributed by atoms with Gasteiger partial charge in [0.2, 0.25) is 0 Å². The molecule has 2 N–H and O–H groups in total. The van der Waals surface area contributed by atoms with Gasteiger partial charge in [-0.2, -0.15) is 5.10 Å². The van der Waals surface area contributed by atoms with E-state index < -0.39 is 0 Å². The molecule has 19 heavy (non-hydrogen) atoms. The van der Waals surface area contributed by atoms with Crippen LogP contribution in [0.1, 0.15) is 57.3 Å². The van der Waals surface area contributed by atoms with Gasteiger partial charge < -0.3 is 5.73 Å². The Kier molecular flexibility index (Phi) is 4.63. The van der Waals surface area contributed by atoms with Gasteiger partial charge in [-0.05, 0) is 32.6 Å². The molecule has 3 unspecified atom stereocenters. The van der Waals surface area contributed by atoms with Crippen LogP contribution in [0.15, 0.2) is 6.20 Å². The molecule has 0 bridgehead atoms. The molecule has 0 radical (unpaired) electrons. The van der Waals surface area contributed by atoms with E-state index in [4.69, 9.17) is 5.73 Å². The van der Waals surface area contributed by atoms with Crippen molar-refractivity contribution in [3.8, 4) is 0 Å². The average molecular weight is 264 g/mol. The standard InChI is InChI=1S/C15H28N4/c1-5-12-8-7-11(3)19(12)15(9-16)13-10-18(4)17-14(13)6-2/h10-12,15H,5-9,16H2,1-4H3. The first-order chi connectivity index (χ1) is 9.12. The lowest BCUT2D eigenvalue weighted by atomic mass is 10.0. The van der Waals surface area contributed by atoms with Crippen molar-refractivity contribution in [1.29, 1.82) is 0 Å². The summed E-state index contributed by atoms with van der Waals surface area (Å²) in [4.78, 5) is 2.64. The predicted molar refractivity (Wildman–Crippen MR) is 79.0 cm³/mol. The van der Waals surface area contributed by atoms with Crippen molar-refractivity contribution in [2.75, 3.05) is 6.54 Å². The van der Waals surface area contributed by atoms with Crippen molar-refractivity contribution in [2.45, 2.75) is 64.6 Å². The molecule has 1 aromatic rings. The maximum Gasteiger partial charge on any atom is 0.0670 e. The fraction of sp³-hybridized carbons (Fsp3) is 0.800. The molecule has 0 amide bonds. The molecule has 0 aromatic carbocycles. The minimum absolute atomic E-state index is 0.325. The summed E-state index contributed by atoms with van der Waals surface area (Å²) in [5.41, 5.74) is 8.65. The zero-order valence-corrected chi connectivity index (χ0v) is 12.8. The molecule has 0 spiro atoms. The van der Waals surface area contributed by atoms with E-state index in [1.54, 1.807) is 0 Å². The van der Waals surface area contributed by atoms with E-state index in [-0.39, 0.29) is 0 Å². The summed E-state index contributed by atoms with van der Waals surface area (Å²) in [6.07, 6.45) is 6.94. The van der Waals surface area contributed by atoms with Crippen LogP contribution in [0.25, 0.3) is 0 Å². The van der Waals surface area contributed by atoms with Crippen LogP contribution in [0, 0.1) is 0 Å². The summed E-state index contributed by atoms with van der Waals surface area (Å²) in [6, 6.07) is 1.63. The van der Waals surface area contributed by atoms with Crippen LogP contribution >= 0.6 is 0 Å². The number of nitrogens with two attached hydrogens (primary N) is 1. The molecule has 0 aliphatic carbocycles. The second-order valence-electron chi connectivity index (χ2n) is 5.75. The van der Waals surface area contributed by atoms with Crippen LogP contribution < -0.4 is 5.73 Å². The maximum absolute atomic E-state index is 6.12. The van der Waals surface area contributed by atoms with E-state index in [0.717, 1.165) is 6.42 Å². The molecule has 0 saturated carbocycles. The van der Waals surface area contributed by atoms with Gasteiger partial charge in [-0.15, -0.1) is 0 Å². The topological polar surface area (TPSA) is 47.1 Å². The van der Waals surface area contributed by atoms with Crippen molar-refractivity contribution >= 4 is 0 Å². The van der Waals surface area contributed by atoms with E-state index in [1.807, 2.05) is 11.7 Å². The molecule has 1 aromatic heterocycles. The molecule has 2 heterocycles. The molecule has 3 atom stereocenters. The van der Waals surface area contributed by atoms with Gasteiger partial charge in [-0.3, -0.25) is 9.58 Å². The lowest BCUT2D eigenvalue weighted by molar-refractivity contribution is 0.136. The number of hydrogen-bond acceptors (Lipinski definition) is 3. The Bertz CT molecular complexity index is 412. The molecule has 4 heteroatoms. The van der Waals surface area contributed by atoms with Crippen LogP contribution in [0.4, 0.5) is 0 Å². The van der Waals surface area contributed by atoms with Crippen molar-refractivity contribution in [1.82, 2.24) is 14.7 Å². The second kappa shape index (κ2) is 6.06. The minimum atomic E-state index is 0.325. The number of hydrogen-bond donors (Lipinski definition) is 1. The van der Waals surface area contributed by atoms with Gasteiger partial charge in [0, 0.05) is 37.4 Å². The number of aryl methyl sites for hydroxylation is 2. The highest BCUT2D eigenvalue weighted by Crippen LogP contribution is 2.35. The van der Waals surface area contributed by atoms with Crippen LogP contribution in [0.3, 0.4) is 0 Å². The maximum atomic E-state index is 6.12. The summed E-state index contributed by atoms with van der Waals surface area (Å²) in [7, 11) is 2.00. The zero-order chi connectivity index (χ0) is 14.0. The molecular weight excluding hydrogens is 236 g/mol. The first kappa shape index (κ1) is 14.5. The molecule has 1 aliphatic heterocycles. The van der Waals surface area contributed by atoms with E-state index in [1.165, 1.54) is 30.5 Å². The third kappa shape index (κ3) is 2.70. The number of rotatable bonds is 5. The molecule has 4 nitrogen and oxygen atoms in total. The highest BCUT2D eigenvalue weighted by molar-refractivity contribution is 5.23. The smallest absolute Gasteiger partial charge is 0.0670 e. The predicted octanol–water partition coefficient (Wildman–Crippen LogP) is 2.25. The van der Waals surface area contributed by atoms with Gasteiger partial charge in [-0.25, -0.2) is 0 Å². The van der Waals surface area contributed by atoms with Gasteiger partial charge in [0.1, 0.15) is 0 Å². The lowest BCUT2D eigenvalue weighted by Crippen LogP contribution is -2.41. The van der Waals surface area contributed by atoms with Crippen molar-refractivity contribution in [2.24, 2.45) is 12.8 Å². The van der Waals surface area contributed by atoms with E-state index in [0.29, 0.717) is 24.7 Å². The largest absolute Gasteiger partial charge is 0.329 e. The van der Waals surface area contributed by atoms with Crippen LogP contribution in [0.5, 0.6) is 0 Å². The van der Waals surface area contributed by atoms with Crippen molar-refractivity contribution in [3.63, 3.8) is 0 Å². The minimum Gasteiger partial charge on any atom is -0.329 e. The van der Waals surface area contributed by atoms with E-state index in [9.17, 15) is 0 Å². The number of likely N-dealkylation sites (tertiary alicyclic amines) is 1. The van der Waals surface area contributed by atoms with Gasteiger partial charge in [-0.1, -0.05) is 13.8 Å². The molecule has 2 rings (SSSR count). The van der Waals surface area contributed by atoms with Gasteiger partial charge in [0.05, 0.1) is 11.7 Å². The summed E-state index contributed by atoms with van der Waals surface area (Å²) in [5, 5.41) is 4.58. The Morgan fingerprint density at radius 3 is 2.74 bits per heavy atom. The summed E-state index contributed by atoms with van der Waals surface area (Å²) < 4.78 is 1.93. The van der Waals surface area contributed by atoms with Crippen LogP contribution in [-0.4, -0.2) is 33.3 Å².